The topological polar surface area (TPSA) is 21.3 Å². The first kappa shape index (κ1) is 40.1. The van der Waals surface area contributed by atoms with Crippen molar-refractivity contribution in [2.45, 2.75) is 0 Å². The Labute approximate surface area is 401 Å². The van der Waals surface area contributed by atoms with Crippen molar-refractivity contribution in [3.63, 3.8) is 0 Å². The maximum Gasteiger partial charge on any atom is 0.136 e. The summed E-state index contributed by atoms with van der Waals surface area (Å²) in [4.78, 5) is 2.35. The zero-order valence-electron chi connectivity index (χ0n) is 37.7. The molecule has 0 spiro atoms. The minimum atomic E-state index is 0.895. The number of anilines is 3. The summed E-state index contributed by atoms with van der Waals surface area (Å²) in [5, 5.41) is 4.81. The quantitative estimate of drug-likeness (QED) is 0.144. The van der Waals surface area contributed by atoms with Crippen LogP contribution in [0.15, 0.2) is 271 Å². The van der Waals surface area contributed by atoms with Crippen LogP contribution in [-0.4, -0.2) is 4.57 Å². The van der Waals surface area contributed by atoms with Crippen molar-refractivity contribution in [1.29, 1.82) is 0 Å². The summed E-state index contributed by atoms with van der Waals surface area (Å²) < 4.78 is 8.64. The first-order valence-electron chi connectivity index (χ1n) is 23.6. The molecule has 2 aromatic heterocycles. The highest BCUT2D eigenvalue weighted by molar-refractivity contribution is 6.09. The molecular weight excluding hydrogens is 837 g/mol. The van der Waals surface area contributed by atoms with E-state index in [0.29, 0.717) is 0 Å². The molecule has 13 rings (SSSR count). The molecule has 0 aliphatic rings. The number of aromatic nitrogens is 1. The average Bonchev–Trinajstić information content (AvgIpc) is 3.97. The van der Waals surface area contributed by atoms with Crippen LogP contribution < -0.4 is 4.90 Å². The van der Waals surface area contributed by atoms with Crippen LogP contribution in [0.3, 0.4) is 0 Å². The van der Waals surface area contributed by atoms with Crippen LogP contribution in [0.4, 0.5) is 17.1 Å². The maximum atomic E-state index is 6.27. The standard InChI is InChI=1S/C66H44N2O/c1-2-12-45(13-3-1)46-24-26-47(27-25-46)53-16-11-17-58(43-53)67(56-37-30-50(31-38-56)54-34-41-62-61-20-6-9-23-65(61)69-66(62)44-54)55-35-28-48(29-36-55)51-14-10-15-52(42-51)49-32-39-57(40-33-49)68-63-21-7-4-18-59(63)60-19-5-8-22-64(60)68/h1-44H. The van der Waals surface area contributed by atoms with Crippen molar-refractivity contribution in [3.8, 4) is 61.3 Å². The van der Waals surface area contributed by atoms with Crippen LogP contribution in [0.5, 0.6) is 0 Å². The summed E-state index contributed by atoms with van der Waals surface area (Å²) in [5.41, 5.74) is 20.3. The van der Waals surface area contributed by atoms with E-state index in [0.717, 1.165) is 66.9 Å². The normalized spacial score (nSPS) is 11.5. The average molecular weight is 881 g/mol. The Morgan fingerprint density at radius 2 is 0.652 bits per heavy atom. The number of furan rings is 1. The molecule has 0 aliphatic heterocycles. The van der Waals surface area contributed by atoms with Crippen LogP contribution in [0.2, 0.25) is 0 Å². The molecule has 11 aromatic carbocycles. The van der Waals surface area contributed by atoms with Gasteiger partial charge in [0.2, 0.25) is 0 Å². The maximum absolute atomic E-state index is 6.27. The molecule has 0 unspecified atom stereocenters. The SMILES string of the molecule is c1ccc(-c2ccc(-c3cccc(N(c4ccc(-c5cccc(-c6ccc(-n7c8ccccc8c8ccccc87)cc6)c5)cc4)c4ccc(-c5ccc6c(c5)oc5ccccc56)cc4)c3)cc2)cc1. The molecule has 2 heterocycles. The van der Waals surface area contributed by atoms with Gasteiger partial charge in [-0.15, -0.1) is 0 Å². The highest BCUT2D eigenvalue weighted by Gasteiger charge is 2.17. The predicted molar refractivity (Wildman–Crippen MR) is 290 cm³/mol. The van der Waals surface area contributed by atoms with E-state index in [1.807, 2.05) is 12.1 Å². The third-order valence-corrected chi connectivity index (χ3v) is 13.6. The summed E-state index contributed by atoms with van der Waals surface area (Å²) in [5.74, 6) is 0. The van der Waals surface area contributed by atoms with E-state index < -0.39 is 0 Å². The molecule has 324 valence electrons. The number of fused-ring (bicyclic) bond motifs is 6. The molecule has 0 fully saturated rings. The molecule has 0 N–H and O–H groups in total. The van der Waals surface area contributed by atoms with E-state index in [1.165, 1.54) is 55.2 Å². The molecule has 0 saturated carbocycles. The first-order valence-corrected chi connectivity index (χ1v) is 23.6. The van der Waals surface area contributed by atoms with Gasteiger partial charge in [0.05, 0.1) is 11.0 Å². The molecule has 0 aliphatic carbocycles. The van der Waals surface area contributed by atoms with Gasteiger partial charge in [0.15, 0.2) is 0 Å². The van der Waals surface area contributed by atoms with Crippen molar-refractivity contribution in [2.75, 3.05) is 4.90 Å². The van der Waals surface area contributed by atoms with Gasteiger partial charge in [-0.25, -0.2) is 0 Å². The predicted octanol–water partition coefficient (Wildman–Crippen LogP) is 18.5. The smallest absolute Gasteiger partial charge is 0.136 e. The third-order valence-electron chi connectivity index (χ3n) is 13.6. The number of benzene rings is 11. The van der Waals surface area contributed by atoms with Gasteiger partial charge in [-0.2, -0.15) is 0 Å². The van der Waals surface area contributed by atoms with E-state index in [4.69, 9.17) is 4.42 Å². The molecule has 0 bridgehead atoms. The lowest BCUT2D eigenvalue weighted by Crippen LogP contribution is -2.10. The Morgan fingerprint density at radius 3 is 1.26 bits per heavy atom. The van der Waals surface area contributed by atoms with Gasteiger partial charge < -0.3 is 13.9 Å². The Balaban J connectivity index is 0.829. The van der Waals surface area contributed by atoms with Gasteiger partial charge >= 0.3 is 0 Å². The second-order valence-electron chi connectivity index (χ2n) is 17.7. The fourth-order valence-electron chi connectivity index (χ4n) is 10.2. The molecule has 69 heavy (non-hydrogen) atoms. The Hall–Kier alpha value is -9.18. The minimum Gasteiger partial charge on any atom is -0.456 e. The lowest BCUT2D eigenvalue weighted by molar-refractivity contribution is 0.669. The lowest BCUT2D eigenvalue weighted by Gasteiger charge is -2.26. The molecule has 0 atom stereocenters. The molecule has 3 heteroatoms. The van der Waals surface area contributed by atoms with Crippen LogP contribution in [0.1, 0.15) is 0 Å². The van der Waals surface area contributed by atoms with Gasteiger partial charge in [0.25, 0.3) is 0 Å². The molecule has 0 amide bonds. The Kier molecular flexibility index (Phi) is 9.84. The number of hydrogen-bond donors (Lipinski definition) is 0. The van der Waals surface area contributed by atoms with E-state index in [1.54, 1.807) is 0 Å². The Morgan fingerprint density at radius 1 is 0.246 bits per heavy atom. The fraction of sp³-hybridized carbons (Fsp3) is 0. The highest BCUT2D eigenvalue weighted by Crippen LogP contribution is 2.40. The van der Waals surface area contributed by atoms with Gasteiger partial charge in [0.1, 0.15) is 11.2 Å². The van der Waals surface area contributed by atoms with Crippen LogP contribution in [-0.2, 0) is 0 Å². The van der Waals surface area contributed by atoms with E-state index in [9.17, 15) is 0 Å². The lowest BCUT2D eigenvalue weighted by atomic mass is 9.98. The summed E-state index contributed by atoms with van der Waals surface area (Å²) in [7, 11) is 0. The van der Waals surface area contributed by atoms with Crippen molar-refractivity contribution in [2.24, 2.45) is 0 Å². The summed E-state index contributed by atoms with van der Waals surface area (Å²) >= 11 is 0. The molecule has 0 radical (unpaired) electrons. The number of nitrogens with zero attached hydrogens (tertiary/aromatic N) is 2. The minimum absolute atomic E-state index is 0.895. The van der Waals surface area contributed by atoms with Crippen molar-refractivity contribution in [1.82, 2.24) is 4.57 Å². The van der Waals surface area contributed by atoms with Gasteiger partial charge in [-0.1, -0.05) is 182 Å². The van der Waals surface area contributed by atoms with Crippen molar-refractivity contribution >= 4 is 60.8 Å². The molecule has 13 aromatic rings. The van der Waals surface area contributed by atoms with Crippen molar-refractivity contribution in [3.05, 3.63) is 267 Å². The van der Waals surface area contributed by atoms with E-state index in [2.05, 4.69) is 264 Å². The second-order valence-corrected chi connectivity index (χ2v) is 17.7. The first-order chi connectivity index (χ1) is 34.2. The van der Waals surface area contributed by atoms with Crippen LogP contribution in [0.25, 0.3) is 105 Å². The molecular formula is C66H44N2O. The largest absolute Gasteiger partial charge is 0.456 e. The van der Waals surface area contributed by atoms with Crippen LogP contribution >= 0.6 is 0 Å². The third kappa shape index (κ3) is 7.34. The fourth-order valence-corrected chi connectivity index (χ4v) is 10.2. The summed E-state index contributed by atoms with van der Waals surface area (Å²) in [6.45, 7) is 0. The van der Waals surface area contributed by atoms with Crippen molar-refractivity contribution < 1.29 is 4.42 Å². The Bertz CT molecular complexity index is 3920. The van der Waals surface area contributed by atoms with E-state index in [-0.39, 0.29) is 0 Å². The number of rotatable bonds is 9. The molecule has 3 nitrogen and oxygen atoms in total. The highest BCUT2D eigenvalue weighted by atomic mass is 16.3. The zero-order valence-corrected chi connectivity index (χ0v) is 37.7. The number of para-hydroxylation sites is 3. The molecule has 0 saturated heterocycles. The monoisotopic (exact) mass is 880 g/mol. The second kappa shape index (κ2) is 16.9. The summed E-state index contributed by atoms with van der Waals surface area (Å²) in [6.07, 6.45) is 0. The summed E-state index contributed by atoms with van der Waals surface area (Å²) in [6, 6.07) is 96.1. The van der Waals surface area contributed by atoms with Gasteiger partial charge in [-0.05, 0) is 141 Å². The van der Waals surface area contributed by atoms with Gasteiger partial charge in [-0.3, -0.25) is 0 Å². The van der Waals surface area contributed by atoms with Crippen LogP contribution in [0, 0.1) is 0 Å². The zero-order chi connectivity index (χ0) is 45.7. The van der Waals surface area contributed by atoms with Gasteiger partial charge in [0, 0.05) is 44.3 Å². The van der Waals surface area contributed by atoms with E-state index >= 15 is 0 Å². The number of hydrogen-bond acceptors (Lipinski definition) is 2.